The SMILES string of the molecule is O=C(O)CCCCCN1C(=O)C(=O)/C(=C(\O)c2ccccc2)C1c1ccc(O)cc1. The number of aromatic hydroxyl groups is 1. The van der Waals surface area contributed by atoms with E-state index in [0.29, 0.717) is 30.4 Å². The summed E-state index contributed by atoms with van der Waals surface area (Å²) < 4.78 is 0. The number of phenols is 1. The van der Waals surface area contributed by atoms with Crippen molar-refractivity contribution in [2.75, 3.05) is 6.54 Å². The van der Waals surface area contributed by atoms with Crippen LogP contribution in [0.3, 0.4) is 0 Å². The van der Waals surface area contributed by atoms with Gasteiger partial charge in [0.15, 0.2) is 0 Å². The van der Waals surface area contributed by atoms with Crippen molar-refractivity contribution < 1.29 is 29.7 Å². The second kappa shape index (κ2) is 9.26. The number of unbranched alkanes of at least 4 members (excludes halogenated alkanes) is 2. The van der Waals surface area contributed by atoms with E-state index in [0.717, 1.165) is 0 Å². The lowest BCUT2D eigenvalue weighted by Gasteiger charge is -2.25. The minimum absolute atomic E-state index is 0.00225. The Balaban J connectivity index is 1.95. The van der Waals surface area contributed by atoms with E-state index in [9.17, 15) is 24.6 Å². The van der Waals surface area contributed by atoms with Gasteiger partial charge in [0.2, 0.25) is 0 Å². The van der Waals surface area contributed by atoms with E-state index in [1.54, 1.807) is 42.5 Å². The largest absolute Gasteiger partial charge is 0.508 e. The van der Waals surface area contributed by atoms with Crippen LogP contribution in [0.4, 0.5) is 0 Å². The molecule has 30 heavy (non-hydrogen) atoms. The van der Waals surface area contributed by atoms with E-state index < -0.39 is 23.7 Å². The maximum absolute atomic E-state index is 12.8. The predicted octanol–water partition coefficient (Wildman–Crippen LogP) is 3.46. The van der Waals surface area contributed by atoms with Crippen molar-refractivity contribution >= 4 is 23.4 Å². The van der Waals surface area contributed by atoms with Gasteiger partial charge in [0.1, 0.15) is 11.5 Å². The van der Waals surface area contributed by atoms with E-state index in [2.05, 4.69) is 0 Å². The normalized spacial score (nSPS) is 18.0. The standard InChI is InChI=1S/C23H23NO6/c25-17-12-10-15(11-13-17)20-19(21(28)16-7-3-1-4-8-16)22(29)23(30)24(20)14-6-2-5-9-18(26)27/h1,3-4,7-8,10-13,20,25,28H,2,5-6,9,14H2,(H,26,27)/b21-19-. The molecular weight excluding hydrogens is 386 g/mol. The van der Waals surface area contributed by atoms with Gasteiger partial charge in [0, 0.05) is 18.5 Å². The van der Waals surface area contributed by atoms with Gasteiger partial charge < -0.3 is 20.2 Å². The molecule has 1 aliphatic heterocycles. The molecule has 7 nitrogen and oxygen atoms in total. The van der Waals surface area contributed by atoms with Gasteiger partial charge in [-0.3, -0.25) is 14.4 Å². The molecule has 7 heteroatoms. The molecule has 1 amide bonds. The highest BCUT2D eigenvalue weighted by Gasteiger charge is 2.45. The molecule has 3 N–H and O–H groups in total. The Morgan fingerprint density at radius 2 is 1.57 bits per heavy atom. The van der Waals surface area contributed by atoms with Gasteiger partial charge in [-0.15, -0.1) is 0 Å². The predicted molar refractivity (Wildman–Crippen MR) is 110 cm³/mol. The molecule has 1 unspecified atom stereocenters. The first-order valence-corrected chi connectivity index (χ1v) is 9.74. The molecule has 0 spiro atoms. The van der Waals surface area contributed by atoms with Gasteiger partial charge in [-0.1, -0.05) is 48.9 Å². The molecule has 1 aliphatic rings. The quantitative estimate of drug-likeness (QED) is 0.266. The number of carboxylic acid groups (broad SMARTS) is 1. The van der Waals surface area contributed by atoms with Crippen molar-refractivity contribution in [1.29, 1.82) is 0 Å². The Kier molecular flexibility index (Phi) is 6.51. The van der Waals surface area contributed by atoms with Crippen LogP contribution < -0.4 is 0 Å². The number of hydrogen-bond donors (Lipinski definition) is 3. The number of ketones is 1. The average molecular weight is 409 g/mol. The van der Waals surface area contributed by atoms with Crippen LogP contribution in [0.2, 0.25) is 0 Å². The Morgan fingerprint density at radius 3 is 2.20 bits per heavy atom. The van der Waals surface area contributed by atoms with Gasteiger partial charge in [-0.25, -0.2) is 0 Å². The fourth-order valence-electron chi connectivity index (χ4n) is 3.60. The number of nitrogens with zero attached hydrogens (tertiary/aromatic N) is 1. The summed E-state index contributed by atoms with van der Waals surface area (Å²) in [5.74, 6) is -2.54. The number of aliphatic carboxylic acids is 1. The monoisotopic (exact) mass is 409 g/mol. The number of aliphatic hydroxyl groups is 1. The van der Waals surface area contributed by atoms with Crippen LogP contribution in [0.1, 0.15) is 42.9 Å². The number of carbonyl (C=O) groups excluding carboxylic acids is 2. The maximum atomic E-state index is 12.8. The lowest BCUT2D eigenvalue weighted by atomic mass is 9.95. The summed E-state index contributed by atoms with van der Waals surface area (Å²) in [7, 11) is 0. The molecule has 0 bridgehead atoms. The summed E-state index contributed by atoms with van der Waals surface area (Å²) in [6.07, 6.45) is 1.65. The van der Waals surface area contributed by atoms with Crippen LogP contribution in [0.5, 0.6) is 5.75 Å². The summed E-state index contributed by atoms with van der Waals surface area (Å²) >= 11 is 0. The molecule has 2 aromatic rings. The first-order valence-electron chi connectivity index (χ1n) is 9.74. The molecule has 0 radical (unpaired) electrons. The van der Waals surface area contributed by atoms with Gasteiger partial charge in [0.25, 0.3) is 11.7 Å². The van der Waals surface area contributed by atoms with Crippen molar-refractivity contribution in [3.63, 3.8) is 0 Å². The fourth-order valence-corrected chi connectivity index (χ4v) is 3.60. The van der Waals surface area contributed by atoms with Crippen molar-refractivity contribution in [3.8, 4) is 5.75 Å². The highest BCUT2D eigenvalue weighted by atomic mass is 16.4. The summed E-state index contributed by atoms with van der Waals surface area (Å²) in [6, 6.07) is 13.9. The van der Waals surface area contributed by atoms with E-state index in [1.165, 1.54) is 17.0 Å². The molecule has 0 aromatic heterocycles. The maximum Gasteiger partial charge on any atom is 0.303 e. The number of benzene rings is 2. The number of likely N-dealkylation sites (tertiary alicyclic amines) is 1. The molecular formula is C23H23NO6. The van der Waals surface area contributed by atoms with Crippen molar-refractivity contribution in [2.45, 2.75) is 31.7 Å². The highest BCUT2D eigenvalue weighted by molar-refractivity contribution is 6.46. The van der Waals surface area contributed by atoms with Crippen molar-refractivity contribution in [1.82, 2.24) is 4.90 Å². The number of Topliss-reactive ketones (excluding diaryl/α,β-unsaturated/α-hetero) is 1. The number of carboxylic acids is 1. The van der Waals surface area contributed by atoms with Crippen LogP contribution in [-0.2, 0) is 14.4 Å². The Bertz CT molecular complexity index is 965. The molecule has 0 saturated carbocycles. The number of amides is 1. The minimum atomic E-state index is -0.873. The van der Waals surface area contributed by atoms with Crippen LogP contribution in [0.15, 0.2) is 60.2 Å². The second-order valence-corrected chi connectivity index (χ2v) is 7.15. The summed E-state index contributed by atoms with van der Waals surface area (Å²) in [5, 5.41) is 29.2. The summed E-state index contributed by atoms with van der Waals surface area (Å²) in [5.41, 5.74) is 1.03. The number of rotatable bonds is 8. The van der Waals surface area contributed by atoms with Gasteiger partial charge in [0.05, 0.1) is 11.6 Å². The Hall–Kier alpha value is -3.61. The molecule has 1 fully saturated rings. The number of hydrogen-bond acceptors (Lipinski definition) is 5. The van der Waals surface area contributed by atoms with E-state index in [4.69, 9.17) is 5.11 Å². The zero-order valence-electron chi connectivity index (χ0n) is 16.3. The lowest BCUT2D eigenvalue weighted by Crippen LogP contribution is -2.30. The summed E-state index contributed by atoms with van der Waals surface area (Å²) in [6.45, 7) is 0.251. The number of aliphatic hydroxyl groups excluding tert-OH is 1. The summed E-state index contributed by atoms with van der Waals surface area (Å²) in [4.78, 5) is 37.7. The van der Waals surface area contributed by atoms with Gasteiger partial charge in [-0.2, -0.15) is 0 Å². The van der Waals surface area contributed by atoms with Crippen LogP contribution in [-0.4, -0.2) is 44.4 Å². The first-order chi connectivity index (χ1) is 14.4. The Labute approximate surface area is 173 Å². The Morgan fingerprint density at radius 1 is 0.900 bits per heavy atom. The molecule has 3 rings (SSSR count). The minimum Gasteiger partial charge on any atom is -0.508 e. The smallest absolute Gasteiger partial charge is 0.303 e. The van der Waals surface area contributed by atoms with Gasteiger partial charge >= 0.3 is 5.97 Å². The molecule has 1 heterocycles. The molecule has 1 atom stereocenters. The molecule has 0 aliphatic carbocycles. The highest BCUT2D eigenvalue weighted by Crippen LogP contribution is 2.39. The van der Waals surface area contributed by atoms with Gasteiger partial charge in [-0.05, 0) is 30.5 Å². The van der Waals surface area contributed by atoms with E-state index in [1.807, 2.05) is 0 Å². The zero-order chi connectivity index (χ0) is 21.7. The van der Waals surface area contributed by atoms with Crippen LogP contribution in [0, 0.1) is 0 Å². The number of carbonyl (C=O) groups is 3. The van der Waals surface area contributed by atoms with Crippen molar-refractivity contribution in [2.24, 2.45) is 0 Å². The third kappa shape index (κ3) is 4.51. The molecule has 156 valence electrons. The first kappa shape index (κ1) is 21.1. The number of phenolic OH excluding ortho intramolecular Hbond substituents is 1. The molecule has 1 saturated heterocycles. The average Bonchev–Trinajstić information content (AvgIpc) is 2.99. The van der Waals surface area contributed by atoms with E-state index >= 15 is 0 Å². The zero-order valence-corrected chi connectivity index (χ0v) is 16.3. The second-order valence-electron chi connectivity index (χ2n) is 7.15. The topological polar surface area (TPSA) is 115 Å². The third-order valence-electron chi connectivity index (χ3n) is 5.09. The molecule has 2 aromatic carbocycles. The van der Waals surface area contributed by atoms with Crippen molar-refractivity contribution in [3.05, 3.63) is 71.3 Å². The third-order valence-corrected chi connectivity index (χ3v) is 5.09. The van der Waals surface area contributed by atoms with Crippen LogP contribution in [0.25, 0.3) is 5.76 Å². The van der Waals surface area contributed by atoms with Crippen LogP contribution >= 0.6 is 0 Å². The van der Waals surface area contributed by atoms with E-state index in [-0.39, 0.29) is 30.0 Å². The lowest BCUT2D eigenvalue weighted by molar-refractivity contribution is -0.140. The fraction of sp³-hybridized carbons (Fsp3) is 0.261.